The Bertz CT molecular complexity index is 699. The second kappa shape index (κ2) is 5.41. The maximum absolute atomic E-state index is 13.4. The van der Waals surface area contributed by atoms with Crippen LogP contribution in [0.2, 0.25) is 0 Å². The molecule has 8 heteroatoms. The van der Waals surface area contributed by atoms with Crippen LogP contribution in [0.3, 0.4) is 0 Å². The van der Waals surface area contributed by atoms with Crippen molar-refractivity contribution in [1.29, 1.82) is 0 Å². The first-order valence-electron chi connectivity index (χ1n) is 5.34. The fourth-order valence-corrected chi connectivity index (χ4v) is 2.16. The zero-order valence-corrected chi connectivity index (χ0v) is 11.8. The van der Waals surface area contributed by atoms with Crippen LogP contribution in [0, 0.1) is 15.9 Å². The van der Waals surface area contributed by atoms with Gasteiger partial charge in [-0.05, 0) is 28.1 Å². The Labute approximate surface area is 121 Å². The van der Waals surface area contributed by atoms with Gasteiger partial charge in [-0.3, -0.25) is 10.1 Å². The summed E-state index contributed by atoms with van der Waals surface area (Å²) in [5, 5.41) is 11.0. The topological polar surface area (TPSA) is 74.4 Å². The number of methoxy groups -OCH3 is 1. The third kappa shape index (κ3) is 2.55. The maximum Gasteiger partial charge on any atom is 0.355 e. The van der Waals surface area contributed by atoms with E-state index in [2.05, 4.69) is 20.7 Å². The molecule has 0 atom stereocenters. The number of nitrogens with zero attached hydrogens (tertiary/aromatic N) is 2. The molecule has 1 aromatic heterocycles. The van der Waals surface area contributed by atoms with Crippen LogP contribution in [-0.2, 0) is 4.74 Å². The van der Waals surface area contributed by atoms with Crippen LogP contribution in [0.1, 0.15) is 10.5 Å². The molecule has 1 aromatic carbocycles. The minimum absolute atomic E-state index is 0.0491. The van der Waals surface area contributed by atoms with Gasteiger partial charge in [-0.25, -0.2) is 9.18 Å². The minimum Gasteiger partial charge on any atom is -0.464 e. The Morgan fingerprint density at radius 1 is 1.45 bits per heavy atom. The smallest absolute Gasteiger partial charge is 0.355 e. The van der Waals surface area contributed by atoms with Crippen molar-refractivity contribution < 1.29 is 18.8 Å². The summed E-state index contributed by atoms with van der Waals surface area (Å²) >= 11 is 3.17. The summed E-state index contributed by atoms with van der Waals surface area (Å²) in [6.45, 7) is 0. The SMILES string of the molecule is COC(=O)c1cc(Br)cn1-c1cc(F)ccc1[N+](=O)[O-]. The van der Waals surface area contributed by atoms with E-state index >= 15 is 0 Å². The number of halogens is 2. The molecule has 0 aliphatic carbocycles. The molecule has 6 nitrogen and oxygen atoms in total. The summed E-state index contributed by atoms with van der Waals surface area (Å²) in [7, 11) is 1.19. The fraction of sp³-hybridized carbons (Fsp3) is 0.0833. The molecule has 0 aliphatic heterocycles. The highest BCUT2D eigenvalue weighted by atomic mass is 79.9. The van der Waals surface area contributed by atoms with Crippen molar-refractivity contribution in [1.82, 2.24) is 4.57 Å². The van der Waals surface area contributed by atoms with Gasteiger partial charge >= 0.3 is 5.97 Å². The number of hydrogen-bond donors (Lipinski definition) is 0. The summed E-state index contributed by atoms with van der Waals surface area (Å²) in [5.41, 5.74) is -0.325. The van der Waals surface area contributed by atoms with Crippen molar-refractivity contribution in [2.24, 2.45) is 0 Å². The zero-order valence-electron chi connectivity index (χ0n) is 10.2. The van der Waals surface area contributed by atoms with E-state index in [1.54, 1.807) is 0 Å². The third-order valence-corrected chi connectivity index (χ3v) is 3.01. The van der Waals surface area contributed by atoms with Crippen molar-refractivity contribution in [3.63, 3.8) is 0 Å². The molecule has 0 fully saturated rings. The number of carbonyl (C=O) groups excluding carboxylic acids is 1. The standard InChI is InChI=1S/C12H8BrFN2O4/c1-20-12(17)11-4-7(13)6-15(11)10-5-8(14)2-3-9(10)16(18)19/h2-6H,1H3. The van der Waals surface area contributed by atoms with E-state index < -0.39 is 16.7 Å². The summed E-state index contributed by atoms with van der Waals surface area (Å²) in [5.74, 6) is -1.33. The number of nitro benzene ring substituents is 1. The van der Waals surface area contributed by atoms with Gasteiger partial charge < -0.3 is 9.30 Å². The molecule has 0 saturated heterocycles. The maximum atomic E-state index is 13.4. The van der Waals surface area contributed by atoms with Crippen LogP contribution in [0.15, 0.2) is 34.9 Å². The number of rotatable bonds is 3. The summed E-state index contributed by atoms with van der Waals surface area (Å²) < 4.78 is 19.7. The van der Waals surface area contributed by atoms with Gasteiger partial charge in [0, 0.05) is 22.8 Å². The molecule has 0 unspecified atom stereocenters. The Balaban J connectivity index is 2.71. The van der Waals surface area contributed by atoms with E-state index in [1.807, 2.05) is 0 Å². The zero-order chi connectivity index (χ0) is 14.9. The van der Waals surface area contributed by atoms with Crippen LogP contribution in [-0.4, -0.2) is 22.6 Å². The highest BCUT2D eigenvalue weighted by Crippen LogP contribution is 2.28. The first-order valence-corrected chi connectivity index (χ1v) is 6.14. The minimum atomic E-state index is -0.686. The lowest BCUT2D eigenvalue weighted by Crippen LogP contribution is -2.10. The van der Waals surface area contributed by atoms with Crippen molar-refractivity contribution in [2.45, 2.75) is 0 Å². The molecule has 104 valence electrons. The molecule has 20 heavy (non-hydrogen) atoms. The first-order chi connectivity index (χ1) is 9.43. The van der Waals surface area contributed by atoms with Crippen molar-refractivity contribution in [3.05, 3.63) is 56.6 Å². The highest BCUT2D eigenvalue weighted by Gasteiger charge is 2.22. The van der Waals surface area contributed by atoms with Gasteiger partial charge in [0.05, 0.1) is 12.0 Å². The molecule has 2 aromatic rings. The number of esters is 1. The molecule has 0 spiro atoms. The van der Waals surface area contributed by atoms with Gasteiger partial charge in [0.15, 0.2) is 0 Å². The number of ether oxygens (including phenoxy) is 1. The summed E-state index contributed by atoms with van der Waals surface area (Å²) in [4.78, 5) is 22.0. The highest BCUT2D eigenvalue weighted by molar-refractivity contribution is 9.10. The van der Waals surface area contributed by atoms with Gasteiger partial charge in [0.25, 0.3) is 5.69 Å². The Kier molecular flexibility index (Phi) is 3.84. The molecular formula is C12H8BrFN2O4. The normalized spacial score (nSPS) is 10.3. The van der Waals surface area contributed by atoms with Gasteiger partial charge in [-0.1, -0.05) is 0 Å². The summed E-state index contributed by atoms with van der Waals surface area (Å²) in [6.07, 6.45) is 1.42. The van der Waals surface area contributed by atoms with E-state index in [1.165, 1.54) is 23.9 Å². The van der Waals surface area contributed by atoms with E-state index in [0.29, 0.717) is 4.47 Å². The molecule has 1 heterocycles. The van der Waals surface area contributed by atoms with Crippen LogP contribution < -0.4 is 0 Å². The van der Waals surface area contributed by atoms with Gasteiger partial charge in [0.1, 0.15) is 17.2 Å². The van der Waals surface area contributed by atoms with Crippen LogP contribution >= 0.6 is 15.9 Å². The monoisotopic (exact) mass is 342 g/mol. The molecule has 0 saturated carbocycles. The fourth-order valence-electron chi connectivity index (χ4n) is 1.74. The predicted octanol–water partition coefficient (Wildman–Crippen LogP) is 3.07. The van der Waals surface area contributed by atoms with Crippen LogP contribution in [0.25, 0.3) is 5.69 Å². The number of hydrogen-bond acceptors (Lipinski definition) is 4. The lowest BCUT2D eigenvalue weighted by atomic mass is 10.2. The number of nitro groups is 1. The average Bonchev–Trinajstić information content (AvgIpc) is 2.79. The van der Waals surface area contributed by atoms with Crippen LogP contribution in [0.5, 0.6) is 0 Å². The molecule has 2 rings (SSSR count). The second-order valence-corrected chi connectivity index (χ2v) is 4.71. The van der Waals surface area contributed by atoms with Gasteiger partial charge in [-0.15, -0.1) is 0 Å². The van der Waals surface area contributed by atoms with Gasteiger partial charge in [-0.2, -0.15) is 0 Å². The molecular weight excluding hydrogens is 335 g/mol. The van der Waals surface area contributed by atoms with E-state index in [0.717, 1.165) is 18.2 Å². The quantitative estimate of drug-likeness (QED) is 0.488. The second-order valence-electron chi connectivity index (χ2n) is 3.80. The van der Waals surface area contributed by atoms with Gasteiger partial charge in [0.2, 0.25) is 0 Å². The Morgan fingerprint density at radius 3 is 2.75 bits per heavy atom. The van der Waals surface area contributed by atoms with Crippen LogP contribution in [0.4, 0.5) is 10.1 Å². The predicted molar refractivity (Wildman–Crippen MR) is 71.4 cm³/mol. The van der Waals surface area contributed by atoms with E-state index in [9.17, 15) is 19.3 Å². The third-order valence-electron chi connectivity index (χ3n) is 2.57. The number of aromatic nitrogens is 1. The summed E-state index contributed by atoms with van der Waals surface area (Å²) in [6, 6.07) is 4.44. The average molecular weight is 343 g/mol. The van der Waals surface area contributed by atoms with E-state index in [-0.39, 0.29) is 17.1 Å². The first kappa shape index (κ1) is 14.2. The molecule has 0 aliphatic rings. The Morgan fingerprint density at radius 2 is 2.15 bits per heavy atom. The Hall–Kier alpha value is -2.22. The molecule has 0 N–H and O–H groups in total. The van der Waals surface area contributed by atoms with Crippen molar-refractivity contribution in [2.75, 3.05) is 7.11 Å². The largest absolute Gasteiger partial charge is 0.464 e. The molecule has 0 amide bonds. The molecule has 0 radical (unpaired) electrons. The number of carbonyl (C=O) groups is 1. The lowest BCUT2D eigenvalue weighted by Gasteiger charge is -2.08. The van der Waals surface area contributed by atoms with Crippen molar-refractivity contribution in [3.8, 4) is 5.69 Å². The van der Waals surface area contributed by atoms with E-state index in [4.69, 9.17) is 0 Å². The van der Waals surface area contributed by atoms with Crippen molar-refractivity contribution >= 4 is 27.6 Å². The lowest BCUT2D eigenvalue weighted by molar-refractivity contribution is -0.384. The number of benzene rings is 1. The molecule has 0 bridgehead atoms.